The first-order chi connectivity index (χ1) is 9.85. The van der Waals surface area contributed by atoms with Crippen molar-refractivity contribution in [2.45, 2.75) is 38.8 Å². The highest BCUT2D eigenvalue weighted by Crippen LogP contribution is 2.20. The van der Waals surface area contributed by atoms with Gasteiger partial charge in [0.2, 0.25) is 0 Å². The van der Waals surface area contributed by atoms with Crippen molar-refractivity contribution in [2.24, 2.45) is 0 Å². The summed E-state index contributed by atoms with van der Waals surface area (Å²) in [5.74, 6) is 0. The van der Waals surface area contributed by atoms with Crippen LogP contribution in [0.1, 0.15) is 30.5 Å². The summed E-state index contributed by atoms with van der Waals surface area (Å²) in [5, 5.41) is 6.98. The molecule has 6 heteroatoms. The Morgan fingerprint density at radius 2 is 2.14 bits per heavy atom. The maximum absolute atomic E-state index is 4.75. The second-order valence-electron chi connectivity index (χ2n) is 5.95. The van der Waals surface area contributed by atoms with Crippen LogP contribution in [0.5, 0.6) is 0 Å². The predicted molar refractivity (Wildman–Crippen MR) is 91.5 cm³/mol. The molecule has 0 aromatic carbocycles. The van der Waals surface area contributed by atoms with E-state index in [2.05, 4.69) is 27.4 Å². The monoisotopic (exact) mass is 330 g/mol. The van der Waals surface area contributed by atoms with Crippen molar-refractivity contribution in [3.63, 3.8) is 0 Å². The topological polar surface area (TPSA) is 31.4 Å². The normalized spacial score (nSPS) is 24.1. The molecule has 1 aromatic heterocycles. The average Bonchev–Trinajstić information content (AvgIpc) is 3.11. The first-order valence-corrected chi connectivity index (χ1v) is 8.83. The number of nitrogens with one attached hydrogen (secondary N) is 1. The van der Waals surface area contributed by atoms with E-state index in [1.807, 2.05) is 11.3 Å². The van der Waals surface area contributed by atoms with Gasteiger partial charge in [0, 0.05) is 50.7 Å². The number of nitrogens with zero attached hydrogens (tertiary/aromatic N) is 3. The summed E-state index contributed by atoms with van der Waals surface area (Å²) in [4.78, 5) is 10.0. The number of hydrogen-bond acceptors (Lipinski definition) is 5. The SMILES string of the molecule is CCCc1csc(CN2CCC(N3CCNCC3)C2)n1.Cl. The molecule has 21 heavy (non-hydrogen) atoms. The number of rotatable bonds is 5. The standard InChI is InChI=1S/C15H26N4S.ClH/c1-2-3-13-12-20-15(17-13)11-18-7-4-14(10-18)19-8-5-16-6-9-19;/h12,14,16H,2-11H2,1H3;1H. The van der Waals surface area contributed by atoms with Crippen LogP contribution in [0.15, 0.2) is 5.38 Å². The van der Waals surface area contributed by atoms with Gasteiger partial charge in [0.15, 0.2) is 0 Å². The lowest BCUT2D eigenvalue weighted by Crippen LogP contribution is -2.49. The molecule has 2 aliphatic rings. The van der Waals surface area contributed by atoms with E-state index in [0.717, 1.165) is 32.1 Å². The Morgan fingerprint density at radius 1 is 1.33 bits per heavy atom. The van der Waals surface area contributed by atoms with Crippen LogP contribution in [0.2, 0.25) is 0 Å². The molecule has 3 rings (SSSR count). The van der Waals surface area contributed by atoms with E-state index >= 15 is 0 Å². The van der Waals surface area contributed by atoms with Gasteiger partial charge in [0.05, 0.1) is 12.2 Å². The van der Waals surface area contributed by atoms with Gasteiger partial charge in [-0.05, 0) is 12.8 Å². The lowest BCUT2D eigenvalue weighted by Gasteiger charge is -2.32. The van der Waals surface area contributed by atoms with Crippen molar-refractivity contribution in [3.05, 3.63) is 16.1 Å². The third-order valence-corrected chi connectivity index (χ3v) is 5.26. The number of aromatic nitrogens is 1. The van der Waals surface area contributed by atoms with Crippen LogP contribution in [0.3, 0.4) is 0 Å². The molecule has 1 atom stereocenters. The van der Waals surface area contributed by atoms with Gasteiger partial charge in [-0.1, -0.05) is 13.3 Å². The quantitative estimate of drug-likeness (QED) is 0.894. The lowest BCUT2D eigenvalue weighted by atomic mass is 10.2. The molecule has 3 heterocycles. The lowest BCUT2D eigenvalue weighted by molar-refractivity contribution is 0.170. The van der Waals surface area contributed by atoms with Crippen LogP contribution in [0, 0.1) is 0 Å². The molecule has 0 radical (unpaired) electrons. The Labute approximate surface area is 138 Å². The van der Waals surface area contributed by atoms with E-state index in [9.17, 15) is 0 Å². The molecule has 120 valence electrons. The second kappa shape index (κ2) is 8.44. The van der Waals surface area contributed by atoms with Gasteiger partial charge in [0.25, 0.3) is 0 Å². The molecule has 0 spiro atoms. The highest BCUT2D eigenvalue weighted by Gasteiger charge is 2.28. The van der Waals surface area contributed by atoms with Crippen molar-refractivity contribution < 1.29 is 0 Å². The fourth-order valence-corrected chi connectivity index (χ4v) is 4.15. The molecule has 1 aromatic rings. The largest absolute Gasteiger partial charge is 0.314 e. The minimum Gasteiger partial charge on any atom is -0.314 e. The maximum Gasteiger partial charge on any atom is 0.107 e. The fraction of sp³-hybridized carbons (Fsp3) is 0.800. The first-order valence-electron chi connectivity index (χ1n) is 7.95. The maximum atomic E-state index is 4.75. The summed E-state index contributed by atoms with van der Waals surface area (Å²) in [7, 11) is 0. The van der Waals surface area contributed by atoms with Crippen LogP contribution >= 0.6 is 23.7 Å². The molecule has 2 fully saturated rings. The number of hydrogen-bond donors (Lipinski definition) is 1. The Kier molecular flexibility index (Phi) is 6.89. The summed E-state index contributed by atoms with van der Waals surface area (Å²) in [6.45, 7) is 10.5. The number of likely N-dealkylation sites (tertiary alicyclic amines) is 1. The van der Waals surface area contributed by atoms with Crippen LogP contribution in [-0.2, 0) is 13.0 Å². The number of aryl methyl sites for hydroxylation is 1. The van der Waals surface area contributed by atoms with Gasteiger partial charge < -0.3 is 5.32 Å². The minimum atomic E-state index is 0. The zero-order valence-electron chi connectivity index (χ0n) is 12.9. The van der Waals surface area contributed by atoms with Crippen molar-refractivity contribution in [3.8, 4) is 0 Å². The van der Waals surface area contributed by atoms with Gasteiger partial charge >= 0.3 is 0 Å². The second-order valence-corrected chi connectivity index (χ2v) is 6.89. The van der Waals surface area contributed by atoms with Crippen LogP contribution < -0.4 is 5.32 Å². The molecule has 1 unspecified atom stereocenters. The average molecular weight is 331 g/mol. The molecule has 0 bridgehead atoms. The summed E-state index contributed by atoms with van der Waals surface area (Å²) in [6.07, 6.45) is 3.64. The molecule has 1 N–H and O–H groups in total. The number of thiazole rings is 1. The van der Waals surface area contributed by atoms with E-state index in [1.54, 1.807) is 0 Å². The molecule has 0 saturated carbocycles. The molecule has 2 aliphatic heterocycles. The van der Waals surface area contributed by atoms with E-state index < -0.39 is 0 Å². The third kappa shape index (κ3) is 4.63. The molecular weight excluding hydrogens is 304 g/mol. The summed E-state index contributed by atoms with van der Waals surface area (Å²) < 4.78 is 0. The van der Waals surface area contributed by atoms with E-state index in [4.69, 9.17) is 4.98 Å². The van der Waals surface area contributed by atoms with Crippen LogP contribution in [0.25, 0.3) is 0 Å². The third-order valence-electron chi connectivity index (χ3n) is 4.38. The smallest absolute Gasteiger partial charge is 0.107 e. The van der Waals surface area contributed by atoms with Crippen LogP contribution in [-0.4, -0.2) is 60.1 Å². The van der Waals surface area contributed by atoms with Crippen molar-refractivity contribution in [1.82, 2.24) is 20.1 Å². The van der Waals surface area contributed by atoms with E-state index in [1.165, 1.54) is 49.7 Å². The van der Waals surface area contributed by atoms with Gasteiger partial charge in [-0.3, -0.25) is 9.80 Å². The summed E-state index contributed by atoms with van der Waals surface area (Å²) >= 11 is 1.84. The molecular formula is C15H27ClN4S. The summed E-state index contributed by atoms with van der Waals surface area (Å²) in [6, 6.07) is 0.771. The molecule has 4 nitrogen and oxygen atoms in total. The Balaban J connectivity index is 0.00000161. The predicted octanol–water partition coefficient (Wildman–Crippen LogP) is 2.00. The van der Waals surface area contributed by atoms with Crippen molar-refractivity contribution in [2.75, 3.05) is 39.3 Å². The van der Waals surface area contributed by atoms with Gasteiger partial charge in [0.1, 0.15) is 5.01 Å². The van der Waals surface area contributed by atoms with E-state index in [0.29, 0.717) is 0 Å². The highest BCUT2D eigenvalue weighted by molar-refractivity contribution is 7.09. The zero-order valence-corrected chi connectivity index (χ0v) is 14.5. The van der Waals surface area contributed by atoms with Crippen molar-refractivity contribution in [1.29, 1.82) is 0 Å². The van der Waals surface area contributed by atoms with Gasteiger partial charge in [-0.25, -0.2) is 4.98 Å². The fourth-order valence-electron chi connectivity index (χ4n) is 3.28. The zero-order chi connectivity index (χ0) is 13.8. The Bertz CT molecular complexity index is 420. The minimum absolute atomic E-state index is 0. The van der Waals surface area contributed by atoms with Crippen LogP contribution in [0.4, 0.5) is 0 Å². The summed E-state index contributed by atoms with van der Waals surface area (Å²) in [5.41, 5.74) is 1.28. The number of halogens is 1. The van der Waals surface area contributed by atoms with E-state index in [-0.39, 0.29) is 12.4 Å². The van der Waals surface area contributed by atoms with Gasteiger partial charge in [-0.2, -0.15) is 0 Å². The van der Waals surface area contributed by atoms with Crippen molar-refractivity contribution >= 4 is 23.7 Å². The van der Waals surface area contributed by atoms with Gasteiger partial charge in [-0.15, -0.1) is 23.7 Å². The molecule has 2 saturated heterocycles. The first kappa shape index (κ1) is 17.2. The highest BCUT2D eigenvalue weighted by atomic mass is 35.5. The molecule has 0 aliphatic carbocycles. The number of piperazine rings is 1. The Hall–Kier alpha value is -0.200. The Morgan fingerprint density at radius 3 is 2.90 bits per heavy atom. The molecule has 0 amide bonds.